The minimum Gasteiger partial charge on any atom is -0.456 e. The lowest BCUT2D eigenvalue weighted by Crippen LogP contribution is -1.96. The van der Waals surface area contributed by atoms with Crippen molar-refractivity contribution in [2.45, 2.75) is 0 Å². The first-order chi connectivity index (χ1) is 29.3. The topological polar surface area (TPSA) is 23.0 Å². The second-order valence-electron chi connectivity index (χ2n) is 15.7. The Hall–Kier alpha value is -7.88. The fourth-order valence-electron chi connectivity index (χ4n) is 9.91. The quantitative estimate of drug-likeness (QED) is 0.176. The molecular weight excluding hydrogens is 717 g/mol. The molecule has 59 heavy (non-hydrogen) atoms. The zero-order valence-corrected chi connectivity index (χ0v) is 31.9. The molecule has 3 heteroatoms. The van der Waals surface area contributed by atoms with Gasteiger partial charge in [0.05, 0.1) is 22.1 Å². The van der Waals surface area contributed by atoms with Crippen molar-refractivity contribution < 1.29 is 4.42 Å². The Morgan fingerprint density at radius 2 is 0.847 bits per heavy atom. The Labute approximate surface area is 339 Å². The van der Waals surface area contributed by atoms with Gasteiger partial charge >= 0.3 is 0 Å². The van der Waals surface area contributed by atoms with Crippen molar-refractivity contribution in [1.29, 1.82) is 0 Å². The van der Waals surface area contributed by atoms with Crippen molar-refractivity contribution >= 4 is 87.1 Å². The van der Waals surface area contributed by atoms with Crippen LogP contribution in [0.15, 0.2) is 211 Å². The van der Waals surface area contributed by atoms with E-state index in [4.69, 9.17) is 4.42 Å². The fourth-order valence-corrected chi connectivity index (χ4v) is 9.91. The zero-order chi connectivity index (χ0) is 38.6. The molecule has 0 saturated carbocycles. The highest BCUT2D eigenvalue weighted by atomic mass is 16.3. The summed E-state index contributed by atoms with van der Waals surface area (Å²) in [4.78, 5) is 0. The molecule has 274 valence electrons. The summed E-state index contributed by atoms with van der Waals surface area (Å²) in [6.07, 6.45) is 0. The van der Waals surface area contributed by atoms with E-state index in [0.29, 0.717) is 0 Å². The van der Waals surface area contributed by atoms with Gasteiger partial charge in [-0.2, -0.15) is 0 Å². The van der Waals surface area contributed by atoms with Gasteiger partial charge in [-0.05, 0) is 117 Å². The van der Waals surface area contributed by atoms with Crippen LogP contribution >= 0.6 is 0 Å². The molecule has 13 aromatic rings. The van der Waals surface area contributed by atoms with E-state index in [0.717, 1.165) is 55.6 Å². The summed E-state index contributed by atoms with van der Waals surface area (Å²) in [7, 11) is 0. The molecule has 0 aliphatic rings. The maximum atomic E-state index is 6.82. The molecule has 0 unspecified atom stereocenters. The van der Waals surface area contributed by atoms with Crippen LogP contribution in [0.25, 0.3) is 121 Å². The molecule has 0 N–H and O–H groups in total. The Balaban J connectivity index is 1.11. The molecule has 13 rings (SSSR count). The molecule has 0 saturated heterocycles. The summed E-state index contributed by atoms with van der Waals surface area (Å²) in [6.45, 7) is 0. The number of aromatic nitrogens is 2. The van der Waals surface area contributed by atoms with Crippen molar-refractivity contribution in [2.75, 3.05) is 0 Å². The molecule has 3 heterocycles. The molecule has 0 atom stereocenters. The number of para-hydroxylation sites is 3. The van der Waals surface area contributed by atoms with Gasteiger partial charge < -0.3 is 13.6 Å². The SMILES string of the molecule is c1ccc(-c2cc(-c3cc(-n4c5ccccc5c5c6c7ccccc7n(-c7ccccc7)c6ccc54)cc4ccccc34)cc3oc4cc5ccccc5cc4c23)cc1. The van der Waals surface area contributed by atoms with Crippen molar-refractivity contribution in [3.8, 4) is 33.6 Å². The van der Waals surface area contributed by atoms with Gasteiger partial charge in [-0.15, -0.1) is 0 Å². The van der Waals surface area contributed by atoms with E-state index in [1.165, 1.54) is 65.2 Å². The Bertz CT molecular complexity index is 3830. The summed E-state index contributed by atoms with van der Waals surface area (Å²) in [6, 6.07) is 75.0. The molecule has 0 aliphatic heterocycles. The Morgan fingerprint density at radius 1 is 0.288 bits per heavy atom. The highest BCUT2D eigenvalue weighted by molar-refractivity contribution is 6.29. The van der Waals surface area contributed by atoms with Gasteiger partial charge in [-0.25, -0.2) is 0 Å². The maximum Gasteiger partial charge on any atom is 0.136 e. The predicted octanol–water partition coefficient (Wildman–Crippen LogP) is 15.4. The van der Waals surface area contributed by atoms with Crippen molar-refractivity contribution in [3.63, 3.8) is 0 Å². The predicted molar refractivity (Wildman–Crippen MR) is 248 cm³/mol. The van der Waals surface area contributed by atoms with Gasteiger partial charge in [0.15, 0.2) is 0 Å². The minimum absolute atomic E-state index is 0.884. The maximum absolute atomic E-state index is 6.82. The summed E-state index contributed by atoms with van der Waals surface area (Å²) in [5.74, 6) is 0. The van der Waals surface area contributed by atoms with Crippen LogP contribution in [-0.4, -0.2) is 9.13 Å². The van der Waals surface area contributed by atoms with Crippen molar-refractivity contribution in [2.24, 2.45) is 0 Å². The molecule has 0 spiro atoms. The van der Waals surface area contributed by atoms with E-state index in [2.05, 4.69) is 215 Å². The molecule has 3 aromatic heterocycles. The number of hydrogen-bond donors (Lipinski definition) is 0. The van der Waals surface area contributed by atoms with E-state index in [1.54, 1.807) is 0 Å². The second-order valence-corrected chi connectivity index (χ2v) is 15.7. The largest absolute Gasteiger partial charge is 0.456 e. The molecule has 10 aromatic carbocycles. The monoisotopic (exact) mass is 750 g/mol. The van der Waals surface area contributed by atoms with E-state index in [-0.39, 0.29) is 0 Å². The summed E-state index contributed by atoms with van der Waals surface area (Å²) in [5.41, 5.74) is 13.4. The Morgan fingerprint density at radius 3 is 1.54 bits per heavy atom. The fraction of sp³-hybridized carbons (Fsp3) is 0. The third kappa shape index (κ3) is 4.70. The van der Waals surface area contributed by atoms with Gasteiger partial charge in [0, 0.05) is 43.7 Å². The van der Waals surface area contributed by atoms with Gasteiger partial charge in [-0.3, -0.25) is 0 Å². The smallest absolute Gasteiger partial charge is 0.136 e. The summed E-state index contributed by atoms with van der Waals surface area (Å²) >= 11 is 0. The zero-order valence-electron chi connectivity index (χ0n) is 31.9. The lowest BCUT2D eigenvalue weighted by molar-refractivity contribution is 0.669. The summed E-state index contributed by atoms with van der Waals surface area (Å²) < 4.78 is 11.7. The molecular formula is C56H34N2O. The normalized spacial score (nSPS) is 12.1. The van der Waals surface area contributed by atoms with Crippen LogP contribution in [0.1, 0.15) is 0 Å². The molecule has 0 fully saturated rings. The average Bonchev–Trinajstić information content (AvgIpc) is 3.95. The lowest BCUT2D eigenvalue weighted by atomic mass is 9.91. The van der Waals surface area contributed by atoms with Crippen molar-refractivity contribution in [3.05, 3.63) is 206 Å². The lowest BCUT2D eigenvalue weighted by Gasteiger charge is -2.15. The third-order valence-electron chi connectivity index (χ3n) is 12.4. The number of fused-ring (bicyclic) bond motifs is 12. The van der Waals surface area contributed by atoms with Gasteiger partial charge in [0.1, 0.15) is 11.2 Å². The van der Waals surface area contributed by atoms with Crippen LogP contribution in [-0.2, 0) is 0 Å². The van der Waals surface area contributed by atoms with Crippen LogP contribution in [0.5, 0.6) is 0 Å². The number of nitrogens with zero attached hydrogens (tertiary/aromatic N) is 2. The van der Waals surface area contributed by atoms with Crippen molar-refractivity contribution in [1.82, 2.24) is 9.13 Å². The van der Waals surface area contributed by atoms with E-state index >= 15 is 0 Å². The van der Waals surface area contributed by atoms with Gasteiger partial charge in [0.25, 0.3) is 0 Å². The summed E-state index contributed by atoms with van der Waals surface area (Å²) in [5, 5.41) is 12.1. The average molecular weight is 751 g/mol. The molecule has 0 aliphatic carbocycles. The molecule has 0 bridgehead atoms. The number of rotatable bonds is 4. The molecule has 0 radical (unpaired) electrons. The van der Waals surface area contributed by atoms with Gasteiger partial charge in [-0.1, -0.05) is 133 Å². The Kier molecular flexibility index (Phi) is 6.72. The van der Waals surface area contributed by atoms with Crippen LogP contribution in [0.2, 0.25) is 0 Å². The van der Waals surface area contributed by atoms with E-state index in [9.17, 15) is 0 Å². The van der Waals surface area contributed by atoms with E-state index in [1.807, 2.05) is 0 Å². The van der Waals surface area contributed by atoms with E-state index < -0.39 is 0 Å². The highest BCUT2D eigenvalue weighted by Crippen LogP contribution is 2.45. The molecule has 3 nitrogen and oxygen atoms in total. The van der Waals surface area contributed by atoms with Crippen LogP contribution in [0, 0.1) is 0 Å². The van der Waals surface area contributed by atoms with Crippen LogP contribution < -0.4 is 0 Å². The van der Waals surface area contributed by atoms with Gasteiger partial charge in [0.2, 0.25) is 0 Å². The second kappa shape index (κ2) is 12.3. The first-order valence-electron chi connectivity index (χ1n) is 20.3. The third-order valence-corrected chi connectivity index (χ3v) is 12.4. The first-order valence-corrected chi connectivity index (χ1v) is 20.3. The standard InChI is InChI=1S/C56H34N2O/c1-3-15-35(16-4-1)46-31-39(33-53-54(46)47-30-36-17-7-8-18-37(36)32-52(47)59-53)45-34-41(29-38-19-9-10-22-42(38)45)58-49-26-14-12-24-44(49)56-51(58)28-27-50-55(56)43-23-11-13-25-48(43)57(50)40-20-5-2-6-21-40/h1-34H. The number of hydrogen-bond acceptors (Lipinski definition) is 1. The first kappa shape index (κ1) is 32.2. The minimum atomic E-state index is 0.884. The number of furan rings is 1. The van der Waals surface area contributed by atoms with Crippen LogP contribution in [0.3, 0.4) is 0 Å². The van der Waals surface area contributed by atoms with Crippen LogP contribution in [0.4, 0.5) is 0 Å². The molecule has 0 amide bonds. The number of benzene rings is 10. The highest BCUT2D eigenvalue weighted by Gasteiger charge is 2.22.